The molecule has 3 N–H and O–H groups in total. The van der Waals surface area contributed by atoms with Crippen LogP contribution in [0.4, 0.5) is 0 Å². The molecule has 0 aliphatic heterocycles. The molecule has 1 aromatic carbocycles. The number of hydrogen-bond donors (Lipinski definition) is 2. The zero-order valence-corrected chi connectivity index (χ0v) is 12.2. The van der Waals surface area contributed by atoms with E-state index in [-0.39, 0.29) is 11.3 Å². The molecule has 4 heteroatoms. The number of aryl methyl sites for hydroxylation is 1. The van der Waals surface area contributed by atoms with Crippen LogP contribution in [0.2, 0.25) is 0 Å². The average Bonchev–Trinajstić information content (AvgIpc) is 2.38. The van der Waals surface area contributed by atoms with Gasteiger partial charge in [-0.3, -0.25) is 5.41 Å². The van der Waals surface area contributed by atoms with Gasteiger partial charge in [0.05, 0.1) is 19.6 Å². The highest BCUT2D eigenvalue weighted by Crippen LogP contribution is 2.29. The van der Waals surface area contributed by atoms with E-state index >= 15 is 0 Å². The van der Waals surface area contributed by atoms with Crippen LogP contribution in [-0.2, 0) is 6.42 Å². The summed E-state index contributed by atoms with van der Waals surface area (Å²) in [6.45, 7) is 6.49. The van der Waals surface area contributed by atoms with Gasteiger partial charge in [0.15, 0.2) is 11.5 Å². The van der Waals surface area contributed by atoms with Crippen molar-refractivity contribution in [2.45, 2.75) is 33.6 Å². The molecule has 19 heavy (non-hydrogen) atoms. The molecule has 0 radical (unpaired) electrons. The van der Waals surface area contributed by atoms with Gasteiger partial charge in [-0.2, -0.15) is 0 Å². The normalized spacial score (nSPS) is 11.2. The predicted molar refractivity (Wildman–Crippen MR) is 78.2 cm³/mol. The second kappa shape index (κ2) is 6.45. The van der Waals surface area contributed by atoms with Gasteiger partial charge in [0.25, 0.3) is 0 Å². The Kier molecular flexibility index (Phi) is 5.21. The second-order valence-corrected chi connectivity index (χ2v) is 5.23. The monoisotopic (exact) mass is 264 g/mol. The van der Waals surface area contributed by atoms with Gasteiger partial charge in [0, 0.05) is 5.41 Å². The van der Waals surface area contributed by atoms with Crippen molar-refractivity contribution in [2.75, 3.05) is 13.7 Å². The highest BCUT2D eigenvalue weighted by atomic mass is 16.5. The summed E-state index contributed by atoms with van der Waals surface area (Å²) in [6.07, 6.45) is 1.66. The number of nitrogens with two attached hydrogens (primary N) is 1. The topological polar surface area (TPSA) is 68.3 Å². The molecule has 0 saturated carbocycles. The van der Waals surface area contributed by atoms with Crippen LogP contribution >= 0.6 is 0 Å². The van der Waals surface area contributed by atoms with Gasteiger partial charge in [-0.25, -0.2) is 0 Å². The first-order chi connectivity index (χ1) is 8.90. The molecule has 0 unspecified atom stereocenters. The predicted octanol–water partition coefficient (Wildman–Crippen LogP) is 2.99. The summed E-state index contributed by atoms with van der Waals surface area (Å²) in [5, 5.41) is 7.51. The summed E-state index contributed by atoms with van der Waals surface area (Å²) < 4.78 is 11.1. The molecule has 0 atom stereocenters. The second-order valence-electron chi connectivity index (χ2n) is 5.23. The maximum Gasteiger partial charge on any atom is 0.161 e. The van der Waals surface area contributed by atoms with E-state index in [0.717, 1.165) is 17.9 Å². The number of ether oxygens (including phenoxy) is 2. The number of methoxy groups -OCH3 is 1. The summed E-state index contributed by atoms with van der Waals surface area (Å²) in [4.78, 5) is 0. The zero-order chi connectivity index (χ0) is 14.5. The molecule has 0 bridgehead atoms. The highest BCUT2D eigenvalue weighted by Gasteiger charge is 2.21. The molecule has 0 spiro atoms. The van der Waals surface area contributed by atoms with E-state index < -0.39 is 0 Å². The van der Waals surface area contributed by atoms with E-state index in [2.05, 4.69) is 6.92 Å². The Labute approximate surface area is 115 Å². The van der Waals surface area contributed by atoms with Crippen molar-refractivity contribution in [1.29, 1.82) is 5.41 Å². The molecule has 106 valence electrons. The average molecular weight is 264 g/mol. The first kappa shape index (κ1) is 15.3. The highest BCUT2D eigenvalue weighted by molar-refractivity contribution is 5.82. The molecular formula is C15H24N2O2. The van der Waals surface area contributed by atoms with Gasteiger partial charge in [-0.1, -0.05) is 26.8 Å². The zero-order valence-electron chi connectivity index (χ0n) is 12.2. The van der Waals surface area contributed by atoms with Crippen molar-refractivity contribution in [1.82, 2.24) is 0 Å². The van der Waals surface area contributed by atoms with E-state index in [9.17, 15) is 0 Å². The number of rotatable bonds is 7. The van der Waals surface area contributed by atoms with Crippen molar-refractivity contribution in [3.8, 4) is 11.5 Å². The van der Waals surface area contributed by atoms with Gasteiger partial charge in [0.2, 0.25) is 0 Å². The molecule has 0 aliphatic rings. The minimum Gasteiger partial charge on any atom is -0.493 e. The van der Waals surface area contributed by atoms with E-state index in [1.165, 1.54) is 5.56 Å². The van der Waals surface area contributed by atoms with Crippen LogP contribution in [0.1, 0.15) is 32.8 Å². The van der Waals surface area contributed by atoms with Gasteiger partial charge >= 0.3 is 0 Å². The molecule has 0 aliphatic carbocycles. The fraction of sp³-hybridized carbons (Fsp3) is 0.533. The molecule has 1 aromatic rings. The molecule has 4 nitrogen and oxygen atoms in total. The Morgan fingerprint density at radius 3 is 2.53 bits per heavy atom. The lowest BCUT2D eigenvalue weighted by atomic mass is 9.88. The molecule has 0 heterocycles. The van der Waals surface area contributed by atoms with Crippen LogP contribution in [-0.4, -0.2) is 19.6 Å². The van der Waals surface area contributed by atoms with Crippen molar-refractivity contribution in [3.63, 3.8) is 0 Å². The number of amidine groups is 1. The lowest BCUT2D eigenvalue weighted by molar-refractivity contribution is 0.256. The molecule has 1 rings (SSSR count). The van der Waals surface area contributed by atoms with Gasteiger partial charge in [-0.15, -0.1) is 0 Å². The van der Waals surface area contributed by atoms with Crippen molar-refractivity contribution < 1.29 is 9.47 Å². The number of nitrogens with one attached hydrogen (secondary N) is 1. The van der Waals surface area contributed by atoms with Crippen LogP contribution in [0.15, 0.2) is 18.2 Å². The Morgan fingerprint density at radius 2 is 2.00 bits per heavy atom. The van der Waals surface area contributed by atoms with Crippen LogP contribution in [0.25, 0.3) is 0 Å². The number of benzene rings is 1. The number of hydrogen-bond acceptors (Lipinski definition) is 3. The summed E-state index contributed by atoms with van der Waals surface area (Å²) in [5.74, 6) is 1.67. The maximum atomic E-state index is 7.51. The third-order valence-corrected chi connectivity index (χ3v) is 3.35. The van der Waals surface area contributed by atoms with Crippen molar-refractivity contribution in [2.24, 2.45) is 11.1 Å². The summed E-state index contributed by atoms with van der Waals surface area (Å²) in [7, 11) is 1.64. The molecule has 0 saturated heterocycles. The van der Waals surface area contributed by atoms with Crippen LogP contribution in [0.3, 0.4) is 0 Å². The van der Waals surface area contributed by atoms with E-state index in [4.69, 9.17) is 20.6 Å². The Bertz CT molecular complexity index is 442. The third-order valence-electron chi connectivity index (χ3n) is 3.35. The van der Waals surface area contributed by atoms with Gasteiger partial charge in [-0.05, 0) is 30.5 Å². The fourth-order valence-corrected chi connectivity index (χ4v) is 1.60. The fourth-order valence-electron chi connectivity index (χ4n) is 1.60. The SMILES string of the molecule is CCc1ccc(OCCC(C)(C)C(=N)N)c(OC)c1. The van der Waals surface area contributed by atoms with Crippen LogP contribution in [0, 0.1) is 10.8 Å². The molecular weight excluding hydrogens is 240 g/mol. The van der Waals surface area contributed by atoms with Crippen LogP contribution < -0.4 is 15.2 Å². The third kappa shape index (κ3) is 4.16. The Morgan fingerprint density at radius 1 is 1.32 bits per heavy atom. The molecule has 0 fully saturated rings. The lowest BCUT2D eigenvalue weighted by Crippen LogP contribution is -2.32. The van der Waals surface area contributed by atoms with Gasteiger partial charge in [0.1, 0.15) is 0 Å². The van der Waals surface area contributed by atoms with E-state index in [1.807, 2.05) is 32.0 Å². The first-order valence-corrected chi connectivity index (χ1v) is 6.55. The maximum absolute atomic E-state index is 7.51. The Hall–Kier alpha value is -1.71. The first-order valence-electron chi connectivity index (χ1n) is 6.55. The summed E-state index contributed by atoms with van der Waals surface area (Å²) >= 11 is 0. The minimum absolute atomic E-state index is 0.185. The van der Waals surface area contributed by atoms with Crippen molar-refractivity contribution >= 4 is 5.84 Å². The molecule has 0 aromatic heterocycles. The van der Waals surface area contributed by atoms with Crippen LogP contribution in [0.5, 0.6) is 11.5 Å². The van der Waals surface area contributed by atoms with Crippen molar-refractivity contribution in [3.05, 3.63) is 23.8 Å². The standard InChI is InChI=1S/C15H24N2O2/c1-5-11-6-7-12(13(10-11)18-4)19-9-8-15(2,3)14(16)17/h6-7,10H,5,8-9H2,1-4H3,(H3,16,17). The largest absolute Gasteiger partial charge is 0.493 e. The van der Waals surface area contributed by atoms with Gasteiger partial charge < -0.3 is 15.2 Å². The summed E-state index contributed by atoms with van der Waals surface area (Å²) in [6, 6.07) is 5.96. The summed E-state index contributed by atoms with van der Waals surface area (Å²) in [5.41, 5.74) is 6.43. The van der Waals surface area contributed by atoms with E-state index in [0.29, 0.717) is 13.0 Å². The Balaban J connectivity index is 2.65. The van der Waals surface area contributed by atoms with E-state index in [1.54, 1.807) is 7.11 Å². The minimum atomic E-state index is -0.337. The lowest BCUT2D eigenvalue weighted by Gasteiger charge is -2.23. The molecule has 0 amide bonds. The quantitative estimate of drug-likeness (QED) is 0.587. The smallest absolute Gasteiger partial charge is 0.161 e.